The first-order valence-electron chi connectivity index (χ1n) is 3.24. The Morgan fingerprint density at radius 3 is 1.78 bits per heavy atom. The van der Waals surface area contributed by atoms with Crippen LogP contribution < -0.4 is 5.32 Å². The van der Waals surface area contributed by atoms with Gasteiger partial charge in [0.1, 0.15) is 0 Å². The van der Waals surface area contributed by atoms with Crippen molar-refractivity contribution >= 4 is 23.2 Å². The summed E-state index contributed by atoms with van der Waals surface area (Å²) in [4.78, 5) is 0. The molecule has 0 radical (unpaired) electrons. The molecule has 1 N–H and O–H groups in total. The Balaban J connectivity index is 2.20. The molecular formula is C6H11Cl2N. The van der Waals surface area contributed by atoms with E-state index in [4.69, 9.17) is 23.2 Å². The maximum Gasteiger partial charge on any atom is 0.0377 e. The molecule has 1 rings (SSSR count). The fraction of sp³-hybridized carbons (Fsp3) is 1.00. The third kappa shape index (κ3) is 1.99. The summed E-state index contributed by atoms with van der Waals surface area (Å²) < 4.78 is 0. The van der Waals surface area contributed by atoms with E-state index in [1.165, 1.54) is 12.8 Å². The summed E-state index contributed by atoms with van der Waals surface area (Å²) in [6, 6.07) is 1.02. The second kappa shape index (κ2) is 3.65. The molecule has 2 atom stereocenters. The van der Waals surface area contributed by atoms with Crippen LogP contribution in [0.3, 0.4) is 0 Å². The van der Waals surface area contributed by atoms with Crippen molar-refractivity contribution in [1.82, 2.24) is 5.32 Å². The van der Waals surface area contributed by atoms with Crippen molar-refractivity contribution in [3.63, 3.8) is 0 Å². The summed E-state index contributed by atoms with van der Waals surface area (Å²) >= 11 is 11.2. The van der Waals surface area contributed by atoms with Crippen molar-refractivity contribution in [2.45, 2.75) is 24.9 Å². The van der Waals surface area contributed by atoms with E-state index in [9.17, 15) is 0 Å². The third-order valence-electron chi connectivity index (χ3n) is 1.71. The predicted molar refractivity (Wildman–Crippen MR) is 41.4 cm³/mol. The summed E-state index contributed by atoms with van der Waals surface area (Å²) in [6.07, 6.45) is 2.36. The van der Waals surface area contributed by atoms with Gasteiger partial charge in [-0.2, -0.15) is 0 Å². The minimum Gasteiger partial charge on any atom is -0.309 e. The van der Waals surface area contributed by atoms with Gasteiger partial charge in [0.25, 0.3) is 0 Å². The molecule has 1 nitrogen and oxygen atoms in total. The van der Waals surface area contributed by atoms with Crippen LogP contribution >= 0.6 is 23.2 Å². The lowest BCUT2D eigenvalue weighted by Crippen LogP contribution is -2.31. The Labute approximate surface area is 65.7 Å². The van der Waals surface area contributed by atoms with Crippen molar-refractivity contribution in [2.24, 2.45) is 0 Å². The van der Waals surface area contributed by atoms with Crippen molar-refractivity contribution in [3.8, 4) is 0 Å². The highest BCUT2D eigenvalue weighted by Crippen LogP contribution is 2.13. The fourth-order valence-corrected chi connectivity index (χ4v) is 1.63. The van der Waals surface area contributed by atoms with Gasteiger partial charge >= 0.3 is 0 Å². The molecule has 54 valence electrons. The van der Waals surface area contributed by atoms with Gasteiger partial charge in [-0.1, -0.05) is 0 Å². The van der Waals surface area contributed by atoms with E-state index in [-0.39, 0.29) is 0 Å². The molecule has 1 fully saturated rings. The molecule has 0 amide bonds. The first kappa shape index (κ1) is 7.64. The van der Waals surface area contributed by atoms with Crippen LogP contribution in [0.4, 0.5) is 0 Å². The summed E-state index contributed by atoms with van der Waals surface area (Å²) in [7, 11) is 0. The van der Waals surface area contributed by atoms with E-state index in [1.54, 1.807) is 0 Å². The minimum absolute atomic E-state index is 0.510. The second-order valence-electron chi connectivity index (χ2n) is 2.45. The Bertz CT molecular complexity index is 77.1. The lowest BCUT2D eigenvalue weighted by atomic mass is 10.2. The average molecular weight is 168 g/mol. The van der Waals surface area contributed by atoms with Gasteiger partial charge < -0.3 is 5.32 Å². The van der Waals surface area contributed by atoms with Crippen LogP contribution in [0.1, 0.15) is 12.8 Å². The van der Waals surface area contributed by atoms with E-state index in [0.29, 0.717) is 23.8 Å². The Hall–Kier alpha value is 0.540. The lowest BCUT2D eigenvalue weighted by molar-refractivity contribution is 0.604. The van der Waals surface area contributed by atoms with Crippen molar-refractivity contribution in [3.05, 3.63) is 0 Å². The van der Waals surface area contributed by atoms with E-state index in [0.717, 1.165) is 0 Å². The second-order valence-corrected chi connectivity index (χ2v) is 3.06. The molecule has 0 saturated carbocycles. The molecule has 3 heteroatoms. The van der Waals surface area contributed by atoms with Gasteiger partial charge in [0.2, 0.25) is 0 Å². The zero-order valence-corrected chi connectivity index (χ0v) is 6.75. The normalized spacial score (nSPS) is 35.3. The monoisotopic (exact) mass is 167 g/mol. The van der Waals surface area contributed by atoms with Crippen LogP contribution in [0.5, 0.6) is 0 Å². The van der Waals surface area contributed by atoms with Gasteiger partial charge in [-0.3, -0.25) is 0 Å². The maximum absolute atomic E-state index is 5.62. The largest absolute Gasteiger partial charge is 0.309 e. The van der Waals surface area contributed by atoms with Crippen molar-refractivity contribution in [1.29, 1.82) is 0 Å². The summed E-state index contributed by atoms with van der Waals surface area (Å²) in [5, 5.41) is 3.33. The van der Waals surface area contributed by atoms with E-state index < -0.39 is 0 Å². The smallest absolute Gasteiger partial charge is 0.0377 e. The third-order valence-corrected chi connectivity index (χ3v) is 2.45. The van der Waals surface area contributed by atoms with Crippen molar-refractivity contribution in [2.75, 3.05) is 11.8 Å². The van der Waals surface area contributed by atoms with Gasteiger partial charge in [-0.25, -0.2) is 0 Å². The molecular weight excluding hydrogens is 157 g/mol. The average Bonchev–Trinajstić information content (AvgIpc) is 2.34. The molecule has 9 heavy (non-hydrogen) atoms. The van der Waals surface area contributed by atoms with Crippen LogP contribution in [0.25, 0.3) is 0 Å². The molecule has 1 aliphatic heterocycles. The zero-order valence-electron chi connectivity index (χ0n) is 5.24. The molecule has 0 aromatic carbocycles. The molecule has 1 aliphatic rings. The molecule has 0 unspecified atom stereocenters. The summed E-state index contributed by atoms with van der Waals surface area (Å²) in [5.74, 6) is 1.43. The topological polar surface area (TPSA) is 12.0 Å². The molecule has 0 bridgehead atoms. The maximum atomic E-state index is 5.62. The number of alkyl halides is 2. The molecule has 0 spiro atoms. The number of nitrogens with one attached hydrogen (secondary N) is 1. The van der Waals surface area contributed by atoms with Gasteiger partial charge in [0, 0.05) is 23.8 Å². The Morgan fingerprint density at radius 2 is 1.56 bits per heavy atom. The fourth-order valence-electron chi connectivity index (χ4n) is 1.15. The number of rotatable bonds is 2. The highest BCUT2D eigenvalue weighted by Gasteiger charge is 2.21. The van der Waals surface area contributed by atoms with E-state index in [1.807, 2.05) is 0 Å². The molecule has 1 heterocycles. The number of hydrogen-bond acceptors (Lipinski definition) is 1. The highest BCUT2D eigenvalue weighted by molar-refractivity contribution is 6.18. The van der Waals surface area contributed by atoms with Gasteiger partial charge in [0.15, 0.2) is 0 Å². The quantitative estimate of drug-likeness (QED) is 0.617. The zero-order chi connectivity index (χ0) is 6.69. The highest BCUT2D eigenvalue weighted by atomic mass is 35.5. The van der Waals surface area contributed by atoms with Crippen LogP contribution in [-0.2, 0) is 0 Å². The van der Waals surface area contributed by atoms with Crippen LogP contribution in [0.2, 0.25) is 0 Å². The van der Waals surface area contributed by atoms with Gasteiger partial charge in [0.05, 0.1) is 0 Å². The number of hydrogen-bond donors (Lipinski definition) is 1. The summed E-state index contributed by atoms with van der Waals surface area (Å²) in [6.45, 7) is 0. The van der Waals surface area contributed by atoms with Crippen LogP contribution in [0, 0.1) is 0 Å². The summed E-state index contributed by atoms with van der Waals surface area (Å²) in [5.41, 5.74) is 0. The Kier molecular flexibility index (Phi) is 3.10. The van der Waals surface area contributed by atoms with Crippen LogP contribution in [0.15, 0.2) is 0 Å². The molecule has 0 aromatic heterocycles. The predicted octanol–water partition coefficient (Wildman–Crippen LogP) is 1.58. The SMILES string of the molecule is ClC[C@@H]1CC[C@H](CCl)N1. The molecule has 0 aliphatic carbocycles. The molecule has 0 aromatic rings. The first-order chi connectivity index (χ1) is 4.36. The van der Waals surface area contributed by atoms with Crippen molar-refractivity contribution < 1.29 is 0 Å². The van der Waals surface area contributed by atoms with E-state index in [2.05, 4.69) is 5.32 Å². The van der Waals surface area contributed by atoms with Gasteiger partial charge in [-0.05, 0) is 12.8 Å². The standard InChI is InChI=1S/C6H11Cl2N/c7-3-5-1-2-6(4-8)9-5/h5-6,9H,1-4H2/t5-,6+. The minimum atomic E-state index is 0.510. The van der Waals surface area contributed by atoms with E-state index >= 15 is 0 Å². The lowest BCUT2D eigenvalue weighted by Gasteiger charge is -2.07. The molecule has 1 saturated heterocycles. The first-order valence-corrected chi connectivity index (χ1v) is 4.31. The number of halogens is 2. The van der Waals surface area contributed by atoms with Gasteiger partial charge in [-0.15, -0.1) is 23.2 Å². The van der Waals surface area contributed by atoms with Crippen LogP contribution in [-0.4, -0.2) is 23.8 Å². The Morgan fingerprint density at radius 1 is 1.11 bits per heavy atom.